The van der Waals surface area contributed by atoms with Crippen LogP contribution in [0.1, 0.15) is 59.3 Å². The van der Waals surface area contributed by atoms with Crippen molar-refractivity contribution in [3.63, 3.8) is 0 Å². The van der Waals surface area contributed by atoms with E-state index in [2.05, 4.69) is 25.7 Å². The standard InChI is InChI=1S/C16H29NO2/c1-13-5-4-6-16(11-13,14(18)19)12-17-9-7-15(2,3)8-10-17/h13H,4-12H2,1-3H3,(H,18,19). The molecule has 0 spiro atoms. The quantitative estimate of drug-likeness (QED) is 0.852. The number of carboxylic acid groups (broad SMARTS) is 1. The molecule has 2 aliphatic rings. The van der Waals surface area contributed by atoms with E-state index < -0.39 is 11.4 Å². The second kappa shape index (κ2) is 5.43. The van der Waals surface area contributed by atoms with E-state index in [4.69, 9.17) is 0 Å². The van der Waals surface area contributed by atoms with Crippen molar-refractivity contribution in [1.29, 1.82) is 0 Å². The van der Waals surface area contributed by atoms with Crippen LogP contribution in [-0.4, -0.2) is 35.6 Å². The lowest BCUT2D eigenvalue weighted by Gasteiger charge is -2.43. The van der Waals surface area contributed by atoms with Crippen molar-refractivity contribution in [1.82, 2.24) is 4.90 Å². The minimum absolute atomic E-state index is 0.437. The Morgan fingerprint density at radius 3 is 2.42 bits per heavy atom. The molecule has 2 unspecified atom stereocenters. The molecular formula is C16H29NO2. The van der Waals surface area contributed by atoms with Crippen molar-refractivity contribution in [3.05, 3.63) is 0 Å². The molecular weight excluding hydrogens is 238 g/mol. The first-order valence-electron chi connectivity index (χ1n) is 7.79. The van der Waals surface area contributed by atoms with Gasteiger partial charge in [-0.25, -0.2) is 0 Å². The summed E-state index contributed by atoms with van der Waals surface area (Å²) in [4.78, 5) is 14.2. The van der Waals surface area contributed by atoms with E-state index in [1.807, 2.05) is 0 Å². The predicted molar refractivity (Wildman–Crippen MR) is 77.2 cm³/mol. The first-order chi connectivity index (χ1) is 8.83. The summed E-state index contributed by atoms with van der Waals surface area (Å²) < 4.78 is 0. The average Bonchev–Trinajstić information content (AvgIpc) is 2.32. The molecule has 19 heavy (non-hydrogen) atoms. The van der Waals surface area contributed by atoms with Crippen molar-refractivity contribution in [2.75, 3.05) is 19.6 Å². The summed E-state index contributed by atoms with van der Waals surface area (Å²) in [6, 6.07) is 0. The molecule has 0 amide bonds. The molecule has 1 aliphatic heterocycles. The van der Waals surface area contributed by atoms with Gasteiger partial charge in [0.1, 0.15) is 0 Å². The number of rotatable bonds is 3. The number of nitrogens with zero attached hydrogens (tertiary/aromatic N) is 1. The summed E-state index contributed by atoms with van der Waals surface area (Å²) in [6.45, 7) is 9.74. The van der Waals surface area contributed by atoms with Gasteiger partial charge in [0.15, 0.2) is 0 Å². The zero-order valence-electron chi connectivity index (χ0n) is 12.7. The van der Waals surface area contributed by atoms with Crippen molar-refractivity contribution in [2.24, 2.45) is 16.7 Å². The van der Waals surface area contributed by atoms with Crippen LogP contribution in [0.2, 0.25) is 0 Å². The molecule has 110 valence electrons. The van der Waals surface area contributed by atoms with Crippen molar-refractivity contribution >= 4 is 5.97 Å². The Hall–Kier alpha value is -0.570. The first kappa shape index (κ1) is 14.8. The van der Waals surface area contributed by atoms with Crippen LogP contribution in [0.4, 0.5) is 0 Å². The Morgan fingerprint density at radius 1 is 1.26 bits per heavy atom. The molecule has 1 heterocycles. The van der Waals surface area contributed by atoms with Crippen molar-refractivity contribution < 1.29 is 9.90 Å². The summed E-state index contributed by atoms with van der Waals surface area (Å²) in [7, 11) is 0. The van der Waals surface area contributed by atoms with Crippen molar-refractivity contribution in [2.45, 2.75) is 59.3 Å². The molecule has 0 radical (unpaired) electrons. The van der Waals surface area contributed by atoms with Gasteiger partial charge in [0.05, 0.1) is 5.41 Å². The highest BCUT2D eigenvalue weighted by molar-refractivity contribution is 5.75. The molecule has 3 heteroatoms. The van der Waals surface area contributed by atoms with Gasteiger partial charge in [0, 0.05) is 6.54 Å². The molecule has 0 aromatic carbocycles. The molecule has 1 saturated heterocycles. The van der Waals surface area contributed by atoms with Crippen LogP contribution >= 0.6 is 0 Å². The van der Waals surface area contributed by atoms with Gasteiger partial charge in [-0.3, -0.25) is 4.79 Å². The van der Waals surface area contributed by atoms with Gasteiger partial charge >= 0.3 is 5.97 Å². The first-order valence-corrected chi connectivity index (χ1v) is 7.79. The SMILES string of the molecule is CC1CCCC(CN2CCC(C)(C)CC2)(C(=O)O)C1. The smallest absolute Gasteiger partial charge is 0.310 e. The third kappa shape index (κ3) is 3.50. The van der Waals surface area contributed by atoms with Crippen LogP contribution in [0.15, 0.2) is 0 Å². The van der Waals surface area contributed by atoms with Gasteiger partial charge in [-0.1, -0.05) is 33.6 Å². The number of aliphatic carboxylic acids is 1. The molecule has 2 atom stereocenters. The number of carboxylic acids is 1. The molecule has 1 saturated carbocycles. The lowest BCUT2D eigenvalue weighted by Crippen LogP contribution is -2.49. The maximum atomic E-state index is 11.8. The summed E-state index contributed by atoms with van der Waals surface area (Å²) in [5, 5.41) is 9.71. The number of piperidine rings is 1. The lowest BCUT2D eigenvalue weighted by molar-refractivity contribution is -0.154. The zero-order valence-corrected chi connectivity index (χ0v) is 12.7. The number of hydrogen-bond donors (Lipinski definition) is 1. The van der Waals surface area contributed by atoms with E-state index in [9.17, 15) is 9.90 Å². The number of likely N-dealkylation sites (tertiary alicyclic amines) is 1. The molecule has 1 aliphatic carbocycles. The van der Waals surface area contributed by atoms with Gasteiger partial charge in [-0.15, -0.1) is 0 Å². The highest BCUT2D eigenvalue weighted by Crippen LogP contribution is 2.41. The Morgan fingerprint density at radius 2 is 1.89 bits per heavy atom. The van der Waals surface area contributed by atoms with Gasteiger partial charge in [-0.05, 0) is 50.1 Å². The third-order valence-electron chi connectivity index (χ3n) is 5.28. The highest BCUT2D eigenvalue weighted by Gasteiger charge is 2.43. The van der Waals surface area contributed by atoms with Crippen LogP contribution < -0.4 is 0 Å². The van der Waals surface area contributed by atoms with Crippen LogP contribution in [-0.2, 0) is 4.79 Å². The zero-order chi connectivity index (χ0) is 14.1. The fourth-order valence-corrected chi connectivity index (χ4v) is 3.81. The summed E-state index contributed by atoms with van der Waals surface area (Å²) in [5.74, 6) is -0.00466. The molecule has 3 nitrogen and oxygen atoms in total. The Kier molecular flexibility index (Phi) is 4.24. The fourth-order valence-electron chi connectivity index (χ4n) is 3.81. The lowest BCUT2D eigenvalue weighted by atomic mass is 9.69. The molecule has 1 N–H and O–H groups in total. The van der Waals surface area contributed by atoms with Crippen LogP contribution in [0.3, 0.4) is 0 Å². The highest BCUT2D eigenvalue weighted by atomic mass is 16.4. The Balaban J connectivity index is 2.00. The van der Waals surface area contributed by atoms with Crippen molar-refractivity contribution in [3.8, 4) is 0 Å². The van der Waals surface area contributed by atoms with Crippen LogP contribution in [0.25, 0.3) is 0 Å². The van der Waals surface area contributed by atoms with E-state index in [-0.39, 0.29) is 0 Å². The Bertz CT molecular complexity index is 330. The van der Waals surface area contributed by atoms with E-state index in [0.29, 0.717) is 11.3 Å². The number of hydrogen-bond acceptors (Lipinski definition) is 2. The van der Waals surface area contributed by atoms with E-state index in [1.165, 1.54) is 19.3 Å². The minimum atomic E-state index is -0.566. The largest absolute Gasteiger partial charge is 0.481 e. The molecule has 2 fully saturated rings. The van der Waals surface area contributed by atoms with Gasteiger partial charge in [0.25, 0.3) is 0 Å². The normalized spacial score (nSPS) is 36.1. The van der Waals surface area contributed by atoms with E-state index in [1.54, 1.807) is 0 Å². The predicted octanol–water partition coefficient (Wildman–Crippen LogP) is 3.39. The maximum absolute atomic E-state index is 11.8. The average molecular weight is 267 g/mol. The minimum Gasteiger partial charge on any atom is -0.481 e. The summed E-state index contributed by atoms with van der Waals surface area (Å²) in [6.07, 6.45) is 6.39. The van der Waals surface area contributed by atoms with E-state index >= 15 is 0 Å². The van der Waals surface area contributed by atoms with Gasteiger partial charge < -0.3 is 10.0 Å². The monoisotopic (exact) mass is 267 g/mol. The summed E-state index contributed by atoms with van der Waals surface area (Å²) >= 11 is 0. The number of carbonyl (C=O) groups is 1. The molecule has 0 aromatic heterocycles. The molecule has 2 rings (SSSR count). The summed E-state index contributed by atoms with van der Waals surface area (Å²) in [5.41, 5.74) is -0.0358. The van der Waals surface area contributed by atoms with Crippen LogP contribution in [0.5, 0.6) is 0 Å². The molecule has 0 aromatic rings. The second-order valence-electron chi connectivity index (χ2n) is 7.73. The second-order valence-corrected chi connectivity index (χ2v) is 7.73. The topological polar surface area (TPSA) is 40.5 Å². The van der Waals surface area contributed by atoms with Gasteiger partial charge in [0.2, 0.25) is 0 Å². The van der Waals surface area contributed by atoms with Gasteiger partial charge in [-0.2, -0.15) is 0 Å². The Labute approximate surface area is 117 Å². The fraction of sp³-hybridized carbons (Fsp3) is 0.938. The maximum Gasteiger partial charge on any atom is 0.310 e. The third-order valence-corrected chi connectivity index (χ3v) is 5.28. The van der Waals surface area contributed by atoms with E-state index in [0.717, 1.165) is 38.9 Å². The van der Waals surface area contributed by atoms with Crippen LogP contribution in [0, 0.1) is 16.7 Å². The molecule has 0 bridgehead atoms.